The molecule has 0 N–H and O–H groups in total. The van der Waals surface area contributed by atoms with E-state index in [9.17, 15) is 4.79 Å². The van der Waals surface area contributed by atoms with Gasteiger partial charge in [0.2, 0.25) is 6.23 Å². The van der Waals surface area contributed by atoms with Crippen LogP contribution in [0, 0.1) is 24.7 Å². The molecule has 3 heterocycles. The Morgan fingerprint density at radius 2 is 2.30 bits per heavy atom. The van der Waals surface area contributed by atoms with Crippen molar-refractivity contribution in [3.05, 3.63) is 29.6 Å². The smallest absolute Gasteiger partial charge is 0.346 e. The number of hydrogen-bond donors (Lipinski definition) is 0. The second-order valence-corrected chi connectivity index (χ2v) is 5.44. The summed E-state index contributed by atoms with van der Waals surface area (Å²) in [7, 11) is 3.01. The highest BCUT2D eigenvalue weighted by Gasteiger charge is 2.46. The lowest BCUT2D eigenvalue weighted by Gasteiger charge is -2.25. The summed E-state index contributed by atoms with van der Waals surface area (Å²) in [6, 6.07) is 5.44. The van der Waals surface area contributed by atoms with Crippen molar-refractivity contribution < 1.29 is 14.5 Å². The van der Waals surface area contributed by atoms with Crippen LogP contribution in [0.15, 0.2) is 23.4 Å². The van der Waals surface area contributed by atoms with Gasteiger partial charge in [0.15, 0.2) is 0 Å². The molecule has 0 bridgehead atoms. The van der Waals surface area contributed by atoms with Crippen LogP contribution in [0.2, 0.25) is 0 Å². The average molecular weight is 314 g/mol. The number of oxime groups is 1. The van der Waals surface area contributed by atoms with E-state index >= 15 is 0 Å². The molecule has 2 atom stereocenters. The SMILES string of the molecule is CON(C)C(=O)N1CCC2C(C#Cc3cccc(C)n3)=NOC21. The number of urea groups is 1. The van der Waals surface area contributed by atoms with E-state index in [0.29, 0.717) is 18.0 Å². The van der Waals surface area contributed by atoms with E-state index in [-0.39, 0.29) is 11.9 Å². The molecule has 7 nitrogen and oxygen atoms in total. The van der Waals surface area contributed by atoms with Gasteiger partial charge in [-0.15, -0.1) is 0 Å². The summed E-state index contributed by atoms with van der Waals surface area (Å²) in [5.74, 6) is 6.04. The number of aryl methyl sites for hydroxylation is 1. The van der Waals surface area contributed by atoms with Crippen LogP contribution in [-0.4, -0.2) is 53.6 Å². The van der Waals surface area contributed by atoms with Crippen LogP contribution < -0.4 is 0 Å². The van der Waals surface area contributed by atoms with Crippen LogP contribution in [0.4, 0.5) is 4.79 Å². The van der Waals surface area contributed by atoms with Gasteiger partial charge in [-0.25, -0.2) is 14.8 Å². The van der Waals surface area contributed by atoms with E-state index in [2.05, 4.69) is 22.0 Å². The van der Waals surface area contributed by atoms with E-state index in [0.717, 1.165) is 12.1 Å². The first-order valence-corrected chi connectivity index (χ1v) is 7.38. The lowest BCUT2D eigenvalue weighted by Crippen LogP contribution is -2.44. The first kappa shape index (κ1) is 15.3. The van der Waals surface area contributed by atoms with Gasteiger partial charge in [-0.05, 0) is 37.3 Å². The summed E-state index contributed by atoms with van der Waals surface area (Å²) in [5.41, 5.74) is 2.27. The van der Waals surface area contributed by atoms with E-state index in [1.165, 1.54) is 12.2 Å². The van der Waals surface area contributed by atoms with Gasteiger partial charge in [0.1, 0.15) is 11.4 Å². The molecule has 1 aromatic heterocycles. The largest absolute Gasteiger partial charge is 0.369 e. The number of hydrogen-bond acceptors (Lipinski definition) is 5. The van der Waals surface area contributed by atoms with Crippen molar-refractivity contribution in [1.82, 2.24) is 14.9 Å². The number of aromatic nitrogens is 1. The number of pyridine rings is 1. The van der Waals surface area contributed by atoms with Crippen LogP contribution in [0.5, 0.6) is 0 Å². The molecule has 1 saturated heterocycles. The second kappa shape index (κ2) is 6.26. The van der Waals surface area contributed by atoms with Crippen LogP contribution in [0.3, 0.4) is 0 Å². The van der Waals surface area contributed by atoms with E-state index < -0.39 is 6.23 Å². The Labute approximate surface area is 134 Å². The lowest BCUT2D eigenvalue weighted by molar-refractivity contribution is -0.0936. The van der Waals surface area contributed by atoms with E-state index in [4.69, 9.17) is 9.68 Å². The van der Waals surface area contributed by atoms with Crippen molar-refractivity contribution in [2.24, 2.45) is 11.1 Å². The molecule has 1 fully saturated rings. The number of hydroxylamine groups is 2. The average Bonchev–Trinajstić information content (AvgIpc) is 3.13. The quantitative estimate of drug-likeness (QED) is 0.580. The summed E-state index contributed by atoms with van der Waals surface area (Å²) in [6.45, 7) is 2.51. The van der Waals surface area contributed by atoms with Gasteiger partial charge in [-0.3, -0.25) is 9.74 Å². The fraction of sp³-hybridized carbons (Fsp3) is 0.438. The zero-order chi connectivity index (χ0) is 16.4. The first-order valence-electron chi connectivity index (χ1n) is 7.38. The van der Waals surface area contributed by atoms with Crippen LogP contribution in [0.1, 0.15) is 17.8 Å². The Morgan fingerprint density at radius 1 is 1.48 bits per heavy atom. The number of amides is 2. The third kappa shape index (κ3) is 2.98. The standard InChI is InChI=1S/C16H18N4O3/c1-11-5-4-6-12(17-11)7-8-14-13-9-10-20(15(13)23-18-14)16(21)19(2)22-3/h4-6,13,15H,9-10H2,1-3H3. The molecule has 0 radical (unpaired) electrons. The second-order valence-electron chi connectivity index (χ2n) is 5.44. The molecule has 7 heteroatoms. The molecule has 2 aliphatic heterocycles. The molecule has 3 rings (SSSR count). The summed E-state index contributed by atoms with van der Waals surface area (Å²) in [6.07, 6.45) is 0.359. The van der Waals surface area contributed by atoms with Crippen LogP contribution >= 0.6 is 0 Å². The molecule has 2 amide bonds. The number of rotatable bonds is 1. The van der Waals surface area contributed by atoms with Gasteiger partial charge in [0, 0.05) is 19.3 Å². The number of likely N-dealkylation sites (tertiary alicyclic amines) is 1. The lowest BCUT2D eigenvalue weighted by atomic mass is 10.0. The van der Waals surface area contributed by atoms with E-state index in [1.54, 1.807) is 11.9 Å². The van der Waals surface area contributed by atoms with Crippen molar-refractivity contribution in [2.45, 2.75) is 19.6 Å². The monoisotopic (exact) mass is 314 g/mol. The Bertz CT molecular complexity index is 707. The zero-order valence-corrected chi connectivity index (χ0v) is 13.3. The summed E-state index contributed by atoms with van der Waals surface area (Å²) in [4.78, 5) is 28.5. The summed E-state index contributed by atoms with van der Waals surface area (Å²) in [5, 5.41) is 5.21. The number of nitrogens with zero attached hydrogens (tertiary/aromatic N) is 4. The maximum absolute atomic E-state index is 12.2. The Morgan fingerprint density at radius 3 is 3.04 bits per heavy atom. The molecule has 0 aromatic carbocycles. The molecule has 0 saturated carbocycles. The van der Waals surface area contributed by atoms with Gasteiger partial charge >= 0.3 is 6.03 Å². The Kier molecular flexibility index (Phi) is 4.17. The molecule has 0 aliphatic carbocycles. The van der Waals surface area contributed by atoms with Crippen molar-refractivity contribution in [3.63, 3.8) is 0 Å². The third-order valence-electron chi connectivity index (χ3n) is 3.94. The van der Waals surface area contributed by atoms with Crippen molar-refractivity contribution in [3.8, 4) is 11.8 Å². The highest BCUT2D eigenvalue weighted by atomic mass is 16.7. The molecule has 2 aliphatic rings. The van der Waals surface area contributed by atoms with Crippen molar-refractivity contribution in [2.75, 3.05) is 20.7 Å². The molecule has 120 valence electrons. The van der Waals surface area contributed by atoms with Gasteiger partial charge in [0.25, 0.3) is 0 Å². The fourth-order valence-electron chi connectivity index (χ4n) is 2.67. The zero-order valence-electron chi connectivity index (χ0n) is 13.3. The highest BCUT2D eigenvalue weighted by Crippen LogP contribution is 2.32. The maximum atomic E-state index is 12.2. The predicted octanol–water partition coefficient (Wildman–Crippen LogP) is 1.39. The van der Waals surface area contributed by atoms with Crippen molar-refractivity contribution in [1.29, 1.82) is 0 Å². The number of carbonyl (C=O) groups is 1. The molecule has 1 aromatic rings. The molecule has 23 heavy (non-hydrogen) atoms. The molecular formula is C16H18N4O3. The Hall–Kier alpha value is -2.59. The predicted molar refractivity (Wildman–Crippen MR) is 83.1 cm³/mol. The summed E-state index contributed by atoms with van der Waals surface area (Å²) >= 11 is 0. The summed E-state index contributed by atoms with van der Waals surface area (Å²) < 4.78 is 0. The van der Waals surface area contributed by atoms with Crippen molar-refractivity contribution >= 4 is 11.7 Å². The van der Waals surface area contributed by atoms with Gasteiger partial charge in [-0.2, -0.15) is 0 Å². The minimum atomic E-state index is -0.408. The molecule has 0 spiro atoms. The molecular weight excluding hydrogens is 296 g/mol. The topological polar surface area (TPSA) is 67.3 Å². The minimum absolute atomic E-state index is 0.00140. The molecule has 2 unspecified atom stereocenters. The van der Waals surface area contributed by atoms with Crippen LogP contribution in [0.25, 0.3) is 0 Å². The first-order chi connectivity index (χ1) is 11.1. The highest BCUT2D eigenvalue weighted by molar-refractivity contribution is 6.03. The van der Waals surface area contributed by atoms with Gasteiger partial charge in [0.05, 0.1) is 13.0 Å². The maximum Gasteiger partial charge on any atom is 0.346 e. The Balaban J connectivity index is 1.71. The normalized spacial score (nSPS) is 21.9. The fourth-order valence-corrected chi connectivity index (χ4v) is 2.67. The van der Waals surface area contributed by atoms with Gasteiger partial charge in [-0.1, -0.05) is 11.2 Å². The number of fused-ring (bicyclic) bond motifs is 1. The minimum Gasteiger partial charge on any atom is -0.369 e. The third-order valence-corrected chi connectivity index (χ3v) is 3.94. The van der Waals surface area contributed by atoms with Gasteiger partial charge < -0.3 is 4.84 Å². The number of carbonyl (C=O) groups excluding carboxylic acids is 1. The van der Waals surface area contributed by atoms with Crippen LogP contribution in [-0.2, 0) is 9.68 Å². The van der Waals surface area contributed by atoms with E-state index in [1.807, 2.05) is 25.1 Å².